The van der Waals surface area contributed by atoms with Gasteiger partial charge in [0.15, 0.2) is 0 Å². The predicted molar refractivity (Wildman–Crippen MR) is 60.6 cm³/mol. The second-order valence-electron chi connectivity index (χ2n) is 3.15. The van der Waals surface area contributed by atoms with Gasteiger partial charge in [-0.1, -0.05) is 24.3 Å². The lowest BCUT2D eigenvalue weighted by molar-refractivity contribution is 0.398. The first-order chi connectivity index (χ1) is 7.31. The number of aromatic nitrogens is 1. The van der Waals surface area contributed by atoms with Gasteiger partial charge >= 0.3 is 0 Å². The molecule has 0 bridgehead atoms. The second kappa shape index (κ2) is 4.00. The number of para-hydroxylation sites is 1. The maximum Gasteiger partial charge on any atom is 0.213 e. The molecular weight excluding hydrogens is 188 g/mol. The van der Waals surface area contributed by atoms with Crippen LogP contribution >= 0.6 is 0 Å². The molecule has 0 saturated carbocycles. The molecule has 15 heavy (non-hydrogen) atoms. The molecule has 0 saturated heterocycles. The van der Waals surface area contributed by atoms with Crippen molar-refractivity contribution in [3.63, 3.8) is 0 Å². The van der Waals surface area contributed by atoms with Gasteiger partial charge in [-0.2, -0.15) is 0 Å². The average molecular weight is 200 g/mol. The Morgan fingerprint density at radius 1 is 1.07 bits per heavy atom. The predicted octanol–water partition coefficient (Wildman–Crippen LogP) is 2.34. The molecule has 76 valence electrons. The molecule has 1 aromatic heterocycles. The van der Waals surface area contributed by atoms with E-state index in [1.807, 2.05) is 42.5 Å². The third-order valence-corrected chi connectivity index (χ3v) is 2.17. The molecule has 2 N–H and O–H groups in total. The summed E-state index contributed by atoms with van der Waals surface area (Å²) in [6.07, 6.45) is 0. The minimum atomic E-state index is 0.593. The number of nitrogen functional groups attached to an aromatic ring is 1. The summed E-state index contributed by atoms with van der Waals surface area (Å²) < 4.78 is 5.06. The first kappa shape index (κ1) is 9.52. The Hall–Kier alpha value is -2.03. The van der Waals surface area contributed by atoms with E-state index < -0.39 is 0 Å². The average Bonchev–Trinajstić information content (AvgIpc) is 2.30. The standard InChI is InChI=1S/C12H12N2O/c1-15-12-8-4-7-11(14-12)9-5-2-3-6-10(9)13/h2-8H,13H2,1H3. The van der Waals surface area contributed by atoms with Crippen LogP contribution in [0.4, 0.5) is 5.69 Å². The molecule has 0 radical (unpaired) electrons. The van der Waals surface area contributed by atoms with Crippen LogP contribution in [0.5, 0.6) is 5.88 Å². The van der Waals surface area contributed by atoms with Crippen LogP contribution in [0.2, 0.25) is 0 Å². The number of nitrogens with zero attached hydrogens (tertiary/aromatic N) is 1. The molecule has 0 aliphatic heterocycles. The van der Waals surface area contributed by atoms with E-state index in [1.165, 1.54) is 0 Å². The molecule has 0 atom stereocenters. The lowest BCUT2D eigenvalue weighted by atomic mass is 10.1. The van der Waals surface area contributed by atoms with E-state index in [1.54, 1.807) is 7.11 Å². The molecule has 0 amide bonds. The molecule has 0 unspecified atom stereocenters. The largest absolute Gasteiger partial charge is 0.481 e. The van der Waals surface area contributed by atoms with Crippen LogP contribution in [0.1, 0.15) is 0 Å². The fourth-order valence-corrected chi connectivity index (χ4v) is 1.41. The summed E-state index contributed by atoms with van der Waals surface area (Å²) in [4.78, 5) is 4.32. The fourth-order valence-electron chi connectivity index (χ4n) is 1.41. The van der Waals surface area contributed by atoms with E-state index in [0.717, 1.165) is 16.9 Å². The third kappa shape index (κ3) is 1.91. The molecular formula is C12H12N2O. The van der Waals surface area contributed by atoms with Crippen molar-refractivity contribution in [2.45, 2.75) is 0 Å². The van der Waals surface area contributed by atoms with Gasteiger partial charge in [0.05, 0.1) is 12.8 Å². The zero-order valence-corrected chi connectivity index (χ0v) is 8.47. The van der Waals surface area contributed by atoms with E-state index in [0.29, 0.717) is 5.88 Å². The number of ether oxygens (including phenoxy) is 1. The van der Waals surface area contributed by atoms with Crippen molar-refractivity contribution in [2.24, 2.45) is 0 Å². The van der Waals surface area contributed by atoms with Crippen LogP contribution in [0, 0.1) is 0 Å². The maximum absolute atomic E-state index is 5.86. The molecule has 0 fully saturated rings. The molecule has 1 aromatic carbocycles. The maximum atomic E-state index is 5.86. The minimum absolute atomic E-state index is 0.593. The van der Waals surface area contributed by atoms with Gasteiger partial charge in [-0.05, 0) is 12.1 Å². The highest BCUT2D eigenvalue weighted by Gasteiger charge is 2.03. The number of hydrogen-bond donors (Lipinski definition) is 1. The zero-order valence-electron chi connectivity index (χ0n) is 8.47. The summed E-state index contributed by atoms with van der Waals surface area (Å²) >= 11 is 0. The van der Waals surface area contributed by atoms with Gasteiger partial charge < -0.3 is 10.5 Å². The Balaban J connectivity index is 2.49. The van der Waals surface area contributed by atoms with Gasteiger partial charge in [0.1, 0.15) is 0 Å². The van der Waals surface area contributed by atoms with Gasteiger partial charge in [-0.15, -0.1) is 0 Å². The molecule has 1 heterocycles. The number of hydrogen-bond acceptors (Lipinski definition) is 3. The molecule has 0 spiro atoms. The molecule has 3 heteroatoms. The Kier molecular flexibility index (Phi) is 2.54. The topological polar surface area (TPSA) is 48.1 Å². The molecule has 0 aliphatic carbocycles. The van der Waals surface area contributed by atoms with Crippen molar-refractivity contribution in [1.82, 2.24) is 4.98 Å². The third-order valence-electron chi connectivity index (χ3n) is 2.17. The van der Waals surface area contributed by atoms with Crippen LogP contribution in [0.3, 0.4) is 0 Å². The number of methoxy groups -OCH3 is 1. The quantitative estimate of drug-likeness (QED) is 0.757. The van der Waals surface area contributed by atoms with Gasteiger partial charge in [0.25, 0.3) is 0 Å². The Morgan fingerprint density at radius 3 is 2.60 bits per heavy atom. The van der Waals surface area contributed by atoms with Crippen molar-refractivity contribution >= 4 is 5.69 Å². The number of rotatable bonds is 2. The second-order valence-corrected chi connectivity index (χ2v) is 3.15. The van der Waals surface area contributed by atoms with Crippen molar-refractivity contribution in [1.29, 1.82) is 0 Å². The first-order valence-electron chi connectivity index (χ1n) is 4.67. The van der Waals surface area contributed by atoms with Crippen molar-refractivity contribution in [3.8, 4) is 17.1 Å². The lowest BCUT2D eigenvalue weighted by Gasteiger charge is -2.05. The summed E-state index contributed by atoms with van der Waals surface area (Å²) in [5.41, 5.74) is 8.34. The number of nitrogens with two attached hydrogens (primary N) is 1. The minimum Gasteiger partial charge on any atom is -0.481 e. The van der Waals surface area contributed by atoms with Crippen LogP contribution < -0.4 is 10.5 Å². The summed E-state index contributed by atoms with van der Waals surface area (Å²) in [7, 11) is 1.60. The Labute approximate surface area is 88.5 Å². The van der Waals surface area contributed by atoms with Crippen molar-refractivity contribution < 1.29 is 4.74 Å². The van der Waals surface area contributed by atoms with E-state index in [4.69, 9.17) is 10.5 Å². The smallest absolute Gasteiger partial charge is 0.213 e. The summed E-state index contributed by atoms with van der Waals surface area (Å²) in [6.45, 7) is 0. The van der Waals surface area contributed by atoms with Crippen LogP contribution in [-0.4, -0.2) is 12.1 Å². The van der Waals surface area contributed by atoms with Crippen LogP contribution in [0.15, 0.2) is 42.5 Å². The van der Waals surface area contributed by atoms with E-state index >= 15 is 0 Å². The van der Waals surface area contributed by atoms with E-state index in [2.05, 4.69) is 4.98 Å². The van der Waals surface area contributed by atoms with Crippen LogP contribution in [-0.2, 0) is 0 Å². The highest BCUT2D eigenvalue weighted by atomic mass is 16.5. The number of benzene rings is 1. The van der Waals surface area contributed by atoms with E-state index in [9.17, 15) is 0 Å². The molecule has 3 nitrogen and oxygen atoms in total. The lowest BCUT2D eigenvalue weighted by Crippen LogP contribution is -1.93. The Bertz CT molecular complexity index is 469. The SMILES string of the molecule is COc1cccc(-c2ccccc2N)n1. The van der Waals surface area contributed by atoms with Gasteiger partial charge in [0.2, 0.25) is 5.88 Å². The highest BCUT2D eigenvalue weighted by Crippen LogP contribution is 2.24. The summed E-state index contributed by atoms with van der Waals surface area (Å²) in [5.74, 6) is 0.593. The van der Waals surface area contributed by atoms with Crippen LogP contribution in [0.25, 0.3) is 11.3 Å². The molecule has 2 aromatic rings. The first-order valence-corrected chi connectivity index (χ1v) is 4.67. The summed E-state index contributed by atoms with van der Waals surface area (Å²) in [5, 5.41) is 0. The van der Waals surface area contributed by atoms with Crippen molar-refractivity contribution in [3.05, 3.63) is 42.5 Å². The fraction of sp³-hybridized carbons (Fsp3) is 0.0833. The van der Waals surface area contributed by atoms with Gasteiger partial charge in [-0.25, -0.2) is 4.98 Å². The number of anilines is 1. The summed E-state index contributed by atoms with van der Waals surface area (Å²) in [6, 6.07) is 13.3. The monoisotopic (exact) mass is 200 g/mol. The van der Waals surface area contributed by atoms with Gasteiger partial charge in [0, 0.05) is 17.3 Å². The van der Waals surface area contributed by atoms with E-state index in [-0.39, 0.29) is 0 Å². The number of pyridine rings is 1. The normalized spacial score (nSPS) is 9.93. The zero-order chi connectivity index (χ0) is 10.7. The molecule has 2 rings (SSSR count). The van der Waals surface area contributed by atoms with Crippen molar-refractivity contribution in [2.75, 3.05) is 12.8 Å². The molecule has 0 aliphatic rings. The highest BCUT2D eigenvalue weighted by molar-refractivity contribution is 5.73. The van der Waals surface area contributed by atoms with Gasteiger partial charge in [-0.3, -0.25) is 0 Å². The Morgan fingerprint density at radius 2 is 1.87 bits per heavy atom.